The SMILES string of the molecule is Cc1ccnn1[C@H](C)C(=O)N1C[C@@H](c2cccc(F)c2)[C@@H]2NCCCCC[C@H]21. The van der Waals surface area contributed by atoms with Crippen LogP contribution in [-0.4, -0.2) is 45.8 Å². The number of hydrogen-bond donors (Lipinski definition) is 1. The molecule has 0 unspecified atom stereocenters. The number of hydrogen-bond acceptors (Lipinski definition) is 3. The summed E-state index contributed by atoms with van der Waals surface area (Å²) >= 11 is 0. The monoisotopic (exact) mass is 384 g/mol. The Morgan fingerprint density at radius 3 is 2.89 bits per heavy atom. The second-order valence-corrected chi connectivity index (χ2v) is 8.14. The van der Waals surface area contributed by atoms with E-state index < -0.39 is 0 Å². The van der Waals surface area contributed by atoms with E-state index in [2.05, 4.69) is 10.4 Å². The van der Waals surface area contributed by atoms with Crippen LogP contribution in [0, 0.1) is 12.7 Å². The van der Waals surface area contributed by atoms with Gasteiger partial charge in [0.25, 0.3) is 0 Å². The van der Waals surface area contributed by atoms with E-state index in [1.54, 1.807) is 23.0 Å². The first-order valence-corrected chi connectivity index (χ1v) is 10.4. The molecule has 1 aromatic heterocycles. The highest BCUT2D eigenvalue weighted by Gasteiger charge is 2.45. The molecule has 1 N–H and O–H groups in total. The maximum absolute atomic E-state index is 13.9. The molecule has 0 aliphatic carbocycles. The van der Waals surface area contributed by atoms with Crippen LogP contribution in [0.2, 0.25) is 0 Å². The van der Waals surface area contributed by atoms with Gasteiger partial charge in [0.2, 0.25) is 5.91 Å². The summed E-state index contributed by atoms with van der Waals surface area (Å²) in [6.45, 7) is 5.46. The molecule has 2 aromatic rings. The van der Waals surface area contributed by atoms with Crippen LogP contribution in [0.25, 0.3) is 0 Å². The van der Waals surface area contributed by atoms with Gasteiger partial charge in [-0.05, 0) is 57.0 Å². The lowest BCUT2D eigenvalue weighted by Crippen LogP contribution is -2.48. The van der Waals surface area contributed by atoms with Crippen molar-refractivity contribution < 1.29 is 9.18 Å². The quantitative estimate of drug-likeness (QED) is 0.882. The molecule has 4 atom stereocenters. The van der Waals surface area contributed by atoms with E-state index in [1.807, 2.05) is 30.9 Å². The van der Waals surface area contributed by atoms with Crippen molar-refractivity contribution in [2.24, 2.45) is 0 Å². The zero-order chi connectivity index (χ0) is 19.7. The van der Waals surface area contributed by atoms with Gasteiger partial charge < -0.3 is 10.2 Å². The molecule has 2 fully saturated rings. The van der Waals surface area contributed by atoms with Gasteiger partial charge in [0, 0.05) is 36.4 Å². The second kappa shape index (κ2) is 8.03. The van der Waals surface area contributed by atoms with Crippen LogP contribution < -0.4 is 5.32 Å². The number of carbonyl (C=O) groups is 1. The normalized spacial score (nSPS) is 26.4. The molecule has 150 valence electrons. The Morgan fingerprint density at radius 1 is 1.29 bits per heavy atom. The molecule has 5 nitrogen and oxygen atoms in total. The number of fused-ring (bicyclic) bond motifs is 1. The lowest BCUT2D eigenvalue weighted by Gasteiger charge is -2.32. The third-order valence-corrected chi connectivity index (χ3v) is 6.35. The first-order chi connectivity index (χ1) is 13.6. The number of carbonyl (C=O) groups excluding carboxylic acids is 1. The first-order valence-electron chi connectivity index (χ1n) is 10.4. The average Bonchev–Trinajstić information content (AvgIpc) is 3.23. The van der Waals surface area contributed by atoms with E-state index in [1.165, 1.54) is 12.5 Å². The molecule has 0 bridgehead atoms. The van der Waals surface area contributed by atoms with Crippen LogP contribution in [0.3, 0.4) is 0 Å². The van der Waals surface area contributed by atoms with Crippen LogP contribution in [0.4, 0.5) is 4.39 Å². The van der Waals surface area contributed by atoms with Crippen LogP contribution in [0.1, 0.15) is 55.8 Å². The summed E-state index contributed by atoms with van der Waals surface area (Å²) in [6, 6.07) is 8.74. The summed E-state index contributed by atoms with van der Waals surface area (Å²) in [6.07, 6.45) is 6.17. The predicted octanol–water partition coefficient (Wildman–Crippen LogP) is 3.42. The van der Waals surface area contributed by atoms with Crippen LogP contribution >= 0.6 is 0 Å². The van der Waals surface area contributed by atoms with Gasteiger partial charge in [0.1, 0.15) is 11.9 Å². The number of aryl methyl sites for hydroxylation is 1. The standard InChI is InChI=1S/C22H29FN4O/c1-15-10-12-25-27(15)16(2)22(28)26-14-19(17-7-6-8-18(23)13-17)21-20(26)9-4-3-5-11-24-21/h6-8,10,12-13,16,19-21,24H,3-5,9,11,14H2,1-2H3/t16-,19+,20-,21+/m1/s1. The summed E-state index contributed by atoms with van der Waals surface area (Å²) < 4.78 is 15.7. The number of benzene rings is 1. The Labute approximate surface area is 165 Å². The zero-order valence-corrected chi connectivity index (χ0v) is 16.6. The molecular weight excluding hydrogens is 355 g/mol. The lowest BCUT2D eigenvalue weighted by molar-refractivity contribution is -0.135. The van der Waals surface area contributed by atoms with Crippen molar-refractivity contribution in [3.05, 3.63) is 53.6 Å². The minimum Gasteiger partial charge on any atom is -0.336 e. The highest BCUT2D eigenvalue weighted by Crippen LogP contribution is 2.37. The van der Waals surface area contributed by atoms with Crippen molar-refractivity contribution in [2.45, 2.75) is 63.6 Å². The van der Waals surface area contributed by atoms with E-state index >= 15 is 0 Å². The fraction of sp³-hybridized carbons (Fsp3) is 0.545. The Morgan fingerprint density at radius 2 is 2.14 bits per heavy atom. The fourth-order valence-corrected chi connectivity index (χ4v) is 4.89. The minimum atomic E-state index is -0.340. The number of nitrogens with zero attached hydrogens (tertiary/aromatic N) is 3. The van der Waals surface area contributed by atoms with Gasteiger partial charge in [-0.2, -0.15) is 5.10 Å². The van der Waals surface area contributed by atoms with Gasteiger partial charge >= 0.3 is 0 Å². The summed E-state index contributed by atoms with van der Waals surface area (Å²) in [5.74, 6) is -0.0121. The molecule has 0 radical (unpaired) electrons. The molecule has 1 aromatic carbocycles. The maximum atomic E-state index is 13.9. The van der Waals surface area contributed by atoms with Crippen LogP contribution in [-0.2, 0) is 4.79 Å². The summed E-state index contributed by atoms with van der Waals surface area (Å²) in [4.78, 5) is 15.5. The number of halogens is 1. The second-order valence-electron chi connectivity index (χ2n) is 8.14. The molecule has 2 aliphatic heterocycles. The number of amides is 1. The van der Waals surface area contributed by atoms with Gasteiger partial charge in [0.15, 0.2) is 0 Å². The Hall–Kier alpha value is -2.21. The molecule has 4 rings (SSSR count). The van der Waals surface area contributed by atoms with Gasteiger partial charge in [-0.1, -0.05) is 25.0 Å². The summed E-state index contributed by atoms with van der Waals surface area (Å²) in [7, 11) is 0. The number of aromatic nitrogens is 2. The third kappa shape index (κ3) is 3.58. The van der Waals surface area contributed by atoms with Crippen molar-refractivity contribution in [1.29, 1.82) is 0 Å². The molecule has 3 heterocycles. The van der Waals surface area contributed by atoms with Gasteiger partial charge in [0.05, 0.1) is 0 Å². The van der Waals surface area contributed by atoms with Crippen molar-refractivity contribution in [2.75, 3.05) is 13.1 Å². The molecule has 0 spiro atoms. The van der Waals surface area contributed by atoms with E-state index in [0.717, 1.165) is 37.1 Å². The molecule has 2 saturated heterocycles. The lowest BCUT2D eigenvalue weighted by atomic mass is 9.88. The number of rotatable bonds is 3. The summed E-state index contributed by atoms with van der Waals surface area (Å²) in [5.41, 5.74) is 1.95. The number of likely N-dealkylation sites (tertiary alicyclic amines) is 1. The predicted molar refractivity (Wildman–Crippen MR) is 107 cm³/mol. The van der Waals surface area contributed by atoms with Crippen LogP contribution in [0.15, 0.2) is 36.5 Å². The first kappa shape index (κ1) is 19.1. The van der Waals surface area contributed by atoms with Crippen molar-refractivity contribution >= 4 is 5.91 Å². The van der Waals surface area contributed by atoms with Gasteiger partial charge in [-0.15, -0.1) is 0 Å². The van der Waals surface area contributed by atoms with E-state index in [0.29, 0.717) is 6.54 Å². The van der Waals surface area contributed by atoms with Crippen molar-refractivity contribution in [3.8, 4) is 0 Å². The van der Waals surface area contributed by atoms with Gasteiger partial charge in [-0.3, -0.25) is 9.48 Å². The zero-order valence-electron chi connectivity index (χ0n) is 16.6. The molecule has 1 amide bonds. The van der Waals surface area contributed by atoms with Crippen molar-refractivity contribution in [3.63, 3.8) is 0 Å². The maximum Gasteiger partial charge on any atom is 0.247 e. The van der Waals surface area contributed by atoms with E-state index in [4.69, 9.17) is 0 Å². The van der Waals surface area contributed by atoms with E-state index in [9.17, 15) is 9.18 Å². The molecule has 28 heavy (non-hydrogen) atoms. The highest BCUT2D eigenvalue weighted by molar-refractivity contribution is 5.81. The molecule has 6 heteroatoms. The smallest absolute Gasteiger partial charge is 0.247 e. The molecule has 0 saturated carbocycles. The Kier molecular flexibility index (Phi) is 5.49. The Bertz CT molecular complexity index is 835. The average molecular weight is 384 g/mol. The van der Waals surface area contributed by atoms with Crippen LogP contribution in [0.5, 0.6) is 0 Å². The van der Waals surface area contributed by atoms with E-state index in [-0.39, 0.29) is 35.8 Å². The summed E-state index contributed by atoms with van der Waals surface area (Å²) in [5, 5.41) is 8.02. The molecule has 2 aliphatic rings. The van der Waals surface area contributed by atoms with Gasteiger partial charge in [-0.25, -0.2) is 4.39 Å². The number of nitrogens with one attached hydrogen (secondary N) is 1. The van der Waals surface area contributed by atoms with Crippen molar-refractivity contribution in [1.82, 2.24) is 20.0 Å². The minimum absolute atomic E-state index is 0.100. The largest absolute Gasteiger partial charge is 0.336 e. The fourth-order valence-electron chi connectivity index (χ4n) is 4.89. The third-order valence-electron chi connectivity index (χ3n) is 6.35. The molecular formula is C22H29FN4O. The highest BCUT2D eigenvalue weighted by atomic mass is 19.1. The topological polar surface area (TPSA) is 50.2 Å². The Balaban J connectivity index is 1.64.